The molecule has 1 atom stereocenters. The van der Waals surface area contributed by atoms with Crippen molar-refractivity contribution in [3.8, 4) is 0 Å². The van der Waals surface area contributed by atoms with Crippen LogP contribution in [0.25, 0.3) is 0 Å². The highest BCUT2D eigenvalue weighted by atomic mass is 16.5. The Morgan fingerprint density at radius 1 is 1.29 bits per heavy atom. The molecule has 0 aromatic heterocycles. The van der Waals surface area contributed by atoms with E-state index in [1.165, 1.54) is 31.1 Å². The van der Waals surface area contributed by atoms with Crippen LogP contribution in [-0.4, -0.2) is 43.2 Å². The molecule has 114 valence electrons. The molecular weight excluding hydrogens is 276 g/mol. The number of carboxylic acid groups (broad SMARTS) is 1. The van der Waals surface area contributed by atoms with Crippen LogP contribution in [0.3, 0.4) is 0 Å². The van der Waals surface area contributed by atoms with Gasteiger partial charge in [0.2, 0.25) is 5.91 Å². The molecular formula is C14H18N2O5. The highest BCUT2D eigenvalue weighted by molar-refractivity contribution is 5.96. The summed E-state index contributed by atoms with van der Waals surface area (Å²) in [5, 5.41) is 8.98. The molecule has 0 saturated carbocycles. The van der Waals surface area contributed by atoms with E-state index in [-0.39, 0.29) is 19.1 Å². The number of amides is 2. The molecule has 1 aromatic carbocycles. The van der Waals surface area contributed by atoms with Crippen LogP contribution in [0, 0.1) is 5.92 Å². The fourth-order valence-corrected chi connectivity index (χ4v) is 1.71. The Kier molecular flexibility index (Phi) is 5.86. The molecule has 21 heavy (non-hydrogen) atoms. The van der Waals surface area contributed by atoms with Gasteiger partial charge in [-0.05, 0) is 24.3 Å². The van der Waals surface area contributed by atoms with E-state index in [0.29, 0.717) is 11.3 Å². The predicted molar refractivity (Wildman–Crippen MR) is 76.0 cm³/mol. The minimum absolute atomic E-state index is 0.00739. The van der Waals surface area contributed by atoms with Crippen molar-refractivity contribution in [3.63, 3.8) is 0 Å². The van der Waals surface area contributed by atoms with Gasteiger partial charge in [-0.3, -0.25) is 14.4 Å². The number of carbonyl (C=O) groups is 3. The van der Waals surface area contributed by atoms with Gasteiger partial charge < -0.3 is 20.5 Å². The quantitative estimate of drug-likeness (QED) is 0.760. The summed E-state index contributed by atoms with van der Waals surface area (Å²) < 4.78 is 4.80. The van der Waals surface area contributed by atoms with Crippen molar-refractivity contribution in [1.29, 1.82) is 0 Å². The number of carbonyl (C=O) groups excluding carboxylic acids is 2. The lowest BCUT2D eigenvalue weighted by atomic mass is 10.1. The third-order valence-corrected chi connectivity index (χ3v) is 2.91. The number of methoxy groups -OCH3 is 1. The lowest BCUT2D eigenvalue weighted by molar-refractivity contribution is -0.140. The van der Waals surface area contributed by atoms with E-state index in [0.717, 1.165) is 0 Å². The van der Waals surface area contributed by atoms with E-state index >= 15 is 0 Å². The molecule has 7 heteroatoms. The summed E-state index contributed by atoms with van der Waals surface area (Å²) in [5.74, 6) is -2.67. The number of aliphatic carboxylic acids is 1. The first-order valence-corrected chi connectivity index (χ1v) is 6.28. The summed E-state index contributed by atoms with van der Waals surface area (Å²) in [6, 6.07) is 6.05. The average molecular weight is 294 g/mol. The van der Waals surface area contributed by atoms with Gasteiger partial charge in [0.05, 0.1) is 5.92 Å². The Bertz CT molecular complexity index is 527. The highest BCUT2D eigenvalue weighted by Crippen LogP contribution is 2.17. The Morgan fingerprint density at radius 2 is 1.86 bits per heavy atom. The molecule has 2 amide bonds. The highest BCUT2D eigenvalue weighted by Gasteiger charge is 2.22. The van der Waals surface area contributed by atoms with Gasteiger partial charge in [-0.2, -0.15) is 0 Å². The topological polar surface area (TPSA) is 110 Å². The molecule has 0 bridgehead atoms. The first kappa shape index (κ1) is 16.6. The van der Waals surface area contributed by atoms with Crippen molar-refractivity contribution < 1.29 is 24.2 Å². The largest absolute Gasteiger partial charge is 0.481 e. The number of benzene rings is 1. The van der Waals surface area contributed by atoms with Crippen molar-refractivity contribution in [3.05, 3.63) is 29.8 Å². The zero-order chi connectivity index (χ0) is 16.0. The van der Waals surface area contributed by atoms with Gasteiger partial charge in [-0.1, -0.05) is 6.92 Å². The Hall–Kier alpha value is -2.41. The summed E-state index contributed by atoms with van der Waals surface area (Å²) in [7, 11) is 1.38. The van der Waals surface area contributed by atoms with Crippen LogP contribution in [0.1, 0.15) is 17.3 Å². The SMILES string of the molecule is COCC(=O)N(CC(C)C(=O)O)c1ccc(C(N)=O)cc1. The van der Waals surface area contributed by atoms with Crippen molar-refractivity contribution in [2.75, 3.05) is 25.2 Å². The molecule has 7 nitrogen and oxygen atoms in total. The van der Waals surface area contributed by atoms with Gasteiger partial charge in [-0.15, -0.1) is 0 Å². The standard InChI is InChI=1S/C14H18N2O5/c1-9(14(19)20)7-16(12(17)8-21-2)11-5-3-10(4-6-11)13(15)18/h3-6,9H,7-8H2,1-2H3,(H2,15,18)(H,19,20). The summed E-state index contributed by atoms with van der Waals surface area (Å²) in [4.78, 5) is 35.3. The molecule has 0 radical (unpaired) electrons. The number of rotatable bonds is 7. The first-order chi connectivity index (χ1) is 9.86. The summed E-state index contributed by atoms with van der Waals surface area (Å²) >= 11 is 0. The van der Waals surface area contributed by atoms with Crippen LogP contribution in [0.2, 0.25) is 0 Å². The monoisotopic (exact) mass is 294 g/mol. The number of carboxylic acids is 1. The van der Waals surface area contributed by atoms with Crippen LogP contribution in [0.4, 0.5) is 5.69 Å². The molecule has 0 aliphatic carbocycles. The average Bonchev–Trinajstić information content (AvgIpc) is 2.44. The molecule has 1 unspecified atom stereocenters. The van der Waals surface area contributed by atoms with E-state index in [1.54, 1.807) is 12.1 Å². The minimum Gasteiger partial charge on any atom is -0.481 e. The van der Waals surface area contributed by atoms with E-state index in [4.69, 9.17) is 15.6 Å². The zero-order valence-electron chi connectivity index (χ0n) is 11.9. The van der Waals surface area contributed by atoms with Crippen LogP contribution in [0.15, 0.2) is 24.3 Å². The van der Waals surface area contributed by atoms with Gasteiger partial charge >= 0.3 is 5.97 Å². The molecule has 0 fully saturated rings. The maximum absolute atomic E-state index is 12.0. The second kappa shape index (κ2) is 7.39. The fraction of sp³-hybridized carbons (Fsp3) is 0.357. The maximum Gasteiger partial charge on any atom is 0.308 e. The van der Waals surface area contributed by atoms with Crippen LogP contribution >= 0.6 is 0 Å². The number of hydrogen-bond donors (Lipinski definition) is 2. The van der Waals surface area contributed by atoms with E-state index in [2.05, 4.69) is 0 Å². The van der Waals surface area contributed by atoms with Gasteiger partial charge in [0.25, 0.3) is 5.91 Å². The first-order valence-electron chi connectivity index (χ1n) is 6.28. The van der Waals surface area contributed by atoms with Gasteiger partial charge in [-0.25, -0.2) is 0 Å². The minimum atomic E-state index is -1.00. The van der Waals surface area contributed by atoms with Crippen molar-refractivity contribution in [2.45, 2.75) is 6.92 Å². The lowest BCUT2D eigenvalue weighted by Gasteiger charge is -2.24. The zero-order valence-corrected chi connectivity index (χ0v) is 11.9. The van der Waals surface area contributed by atoms with Crippen molar-refractivity contribution >= 4 is 23.5 Å². The summed E-state index contributed by atoms with van der Waals surface area (Å²) in [6.07, 6.45) is 0. The number of nitrogens with zero attached hydrogens (tertiary/aromatic N) is 1. The Morgan fingerprint density at radius 3 is 2.29 bits per heavy atom. The molecule has 3 N–H and O–H groups in total. The molecule has 1 rings (SSSR count). The normalized spacial score (nSPS) is 11.7. The smallest absolute Gasteiger partial charge is 0.308 e. The number of nitrogens with two attached hydrogens (primary N) is 1. The Labute approximate surface area is 122 Å². The number of hydrogen-bond acceptors (Lipinski definition) is 4. The predicted octanol–water partition coefficient (Wildman–Crippen LogP) is 0.486. The van der Waals surface area contributed by atoms with Crippen LogP contribution < -0.4 is 10.6 Å². The molecule has 0 aliphatic heterocycles. The van der Waals surface area contributed by atoms with Crippen molar-refractivity contribution in [2.24, 2.45) is 11.7 Å². The number of primary amides is 1. The van der Waals surface area contributed by atoms with Gasteiger partial charge in [0.15, 0.2) is 0 Å². The van der Waals surface area contributed by atoms with Gasteiger partial charge in [0.1, 0.15) is 6.61 Å². The second-order valence-corrected chi connectivity index (χ2v) is 4.59. The van der Waals surface area contributed by atoms with Crippen molar-refractivity contribution in [1.82, 2.24) is 0 Å². The third-order valence-electron chi connectivity index (χ3n) is 2.91. The second-order valence-electron chi connectivity index (χ2n) is 4.59. The van der Waals surface area contributed by atoms with Gasteiger partial charge in [0, 0.05) is 24.9 Å². The number of ether oxygens (including phenoxy) is 1. The fourth-order valence-electron chi connectivity index (χ4n) is 1.71. The van der Waals surface area contributed by atoms with E-state index in [9.17, 15) is 14.4 Å². The molecule has 0 spiro atoms. The molecule has 1 aromatic rings. The summed E-state index contributed by atoms with van der Waals surface area (Å²) in [5.41, 5.74) is 5.94. The Balaban J connectivity index is 3.02. The molecule has 0 aliphatic rings. The number of anilines is 1. The van der Waals surface area contributed by atoms with Crippen LogP contribution in [-0.2, 0) is 14.3 Å². The van der Waals surface area contributed by atoms with E-state index in [1.807, 2.05) is 0 Å². The third kappa shape index (κ3) is 4.57. The molecule has 0 heterocycles. The summed E-state index contributed by atoms with van der Waals surface area (Å²) in [6.45, 7) is 1.35. The van der Waals surface area contributed by atoms with E-state index < -0.39 is 17.8 Å². The molecule has 0 saturated heterocycles. The maximum atomic E-state index is 12.0. The lowest BCUT2D eigenvalue weighted by Crippen LogP contribution is -2.39. The van der Waals surface area contributed by atoms with Crippen LogP contribution in [0.5, 0.6) is 0 Å².